The molecule has 2 N–H and O–H groups in total. The molecule has 1 aliphatic rings. The Hall–Kier alpha value is -2.24. The van der Waals surface area contributed by atoms with Crippen molar-refractivity contribution in [2.45, 2.75) is 11.3 Å². The smallest absolute Gasteiger partial charge is 0.239 e. The van der Waals surface area contributed by atoms with E-state index in [-0.39, 0.29) is 4.90 Å². The van der Waals surface area contributed by atoms with E-state index in [9.17, 15) is 8.42 Å². The van der Waals surface area contributed by atoms with Gasteiger partial charge in [0.15, 0.2) is 0 Å². The minimum absolute atomic E-state index is 0.0232. The van der Waals surface area contributed by atoms with Crippen molar-refractivity contribution < 1.29 is 8.42 Å². The summed E-state index contributed by atoms with van der Waals surface area (Å²) >= 11 is 0. The standard InChI is InChI=1S/C16H14N2O2S/c17-21(19,20)13-9-10-16(18-11-13)15-8-4-7-14(15)12-5-2-1-3-6-12/h1-3,5-11H,4H2,(H2,17,19,20). The predicted molar refractivity (Wildman–Crippen MR) is 82.6 cm³/mol. The van der Waals surface area contributed by atoms with Crippen LogP contribution < -0.4 is 5.14 Å². The molecule has 0 saturated heterocycles. The summed E-state index contributed by atoms with van der Waals surface area (Å²) in [6.07, 6.45) is 6.37. The normalized spacial score (nSPS) is 14.7. The van der Waals surface area contributed by atoms with Crippen LogP contribution in [0, 0.1) is 0 Å². The zero-order valence-electron chi connectivity index (χ0n) is 11.2. The van der Waals surface area contributed by atoms with Gasteiger partial charge in [0, 0.05) is 11.8 Å². The summed E-state index contributed by atoms with van der Waals surface area (Å²) in [6.45, 7) is 0. The molecular weight excluding hydrogens is 284 g/mol. The molecule has 0 amide bonds. The second-order valence-corrected chi connectivity index (χ2v) is 6.32. The van der Waals surface area contributed by atoms with Crippen LogP contribution in [0.25, 0.3) is 11.1 Å². The number of benzene rings is 1. The van der Waals surface area contributed by atoms with Crippen LogP contribution in [0.2, 0.25) is 0 Å². The topological polar surface area (TPSA) is 73.1 Å². The number of primary sulfonamides is 1. The number of nitrogens with zero attached hydrogens (tertiary/aromatic N) is 1. The van der Waals surface area contributed by atoms with Gasteiger partial charge in [-0.15, -0.1) is 0 Å². The number of nitrogens with two attached hydrogens (primary N) is 1. The Balaban J connectivity index is 1.96. The van der Waals surface area contributed by atoms with E-state index in [2.05, 4.69) is 17.1 Å². The monoisotopic (exact) mass is 298 g/mol. The first kappa shape index (κ1) is 13.7. The molecule has 1 heterocycles. The molecule has 0 spiro atoms. The molecule has 4 nitrogen and oxygen atoms in total. The van der Waals surface area contributed by atoms with E-state index < -0.39 is 10.0 Å². The van der Waals surface area contributed by atoms with Crippen LogP contribution in [0.5, 0.6) is 0 Å². The van der Waals surface area contributed by atoms with Crippen LogP contribution in [-0.4, -0.2) is 13.4 Å². The van der Waals surface area contributed by atoms with Crippen LogP contribution in [0.15, 0.2) is 65.7 Å². The quantitative estimate of drug-likeness (QED) is 0.946. The highest BCUT2D eigenvalue weighted by atomic mass is 32.2. The van der Waals surface area contributed by atoms with Gasteiger partial charge in [0.05, 0.1) is 5.69 Å². The van der Waals surface area contributed by atoms with Crippen molar-refractivity contribution in [1.82, 2.24) is 4.98 Å². The first-order chi connectivity index (χ1) is 10.1. The van der Waals surface area contributed by atoms with Gasteiger partial charge in [0.1, 0.15) is 4.90 Å². The van der Waals surface area contributed by atoms with Crippen LogP contribution >= 0.6 is 0 Å². The predicted octanol–water partition coefficient (Wildman–Crippen LogP) is 2.60. The highest BCUT2D eigenvalue weighted by Gasteiger charge is 2.16. The molecule has 5 heteroatoms. The Morgan fingerprint density at radius 3 is 2.29 bits per heavy atom. The third kappa shape index (κ3) is 2.79. The number of hydrogen-bond acceptors (Lipinski definition) is 3. The van der Waals surface area contributed by atoms with E-state index in [0.717, 1.165) is 28.8 Å². The fourth-order valence-corrected chi connectivity index (χ4v) is 2.81. The molecule has 21 heavy (non-hydrogen) atoms. The van der Waals surface area contributed by atoms with Crippen molar-refractivity contribution in [3.05, 3.63) is 72.1 Å². The van der Waals surface area contributed by atoms with Crippen molar-refractivity contribution >= 4 is 21.2 Å². The summed E-state index contributed by atoms with van der Waals surface area (Å²) in [5.41, 5.74) is 4.00. The zero-order valence-corrected chi connectivity index (χ0v) is 12.0. The fraction of sp³-hybridized carbons (Fsp3) is 0.0625. The van der Waals surface area contributed by atoms with E-state index >= 15 is 0 Å². The Morgan fingerprint density at radius 2 is 1.67 bits per heavy atom. The Bertz CT molecular complexity index is 820. The first-order valence-corrected chi connectivity index (χ1v) is 8.06. The van der Waals surface area contributed by atoms with Crippen molar-refractivity contribution in [3.8, 4) is 0 Å². The molecule has 0 saturated carbocycles. The minimum Gasteiger partial charge on any atom is -0.255 e. The Kier molecular flexibility index (Phi) is 3.45. The van der Waals surface area contributed by atoms with Crippen LogP contribution in [0.4, 0.5) is 0 Å². The fourth-order valence-electron chi connectivity index (χ4n) is 2.36. The van der Waals surface area contributed by atoms with E-state index in [4.69, 9.17) is 5.14 Å². The lowest BCUT2D eigenvalue weighted by atomic mass is 9.98. The van der Waals surface area contributed by atoms with Gasteiger partial charge in [-0.1, -0.05) is 42.5 Å². The largest absolute Gasteiger partial charge is 0.255 e. The van der Waals surface area contributed by atoms with Gasteiger partial charge in [0.25, 0.3) is 0 Å². The van der Waals surface area contributed by atoms with Gasteiger partial charge >= 0.3 is 0 Å². The molecule has 3 rings (SSSR count). The maximum absolute atomic E-state index is 11.3. The molecule has 0 fully saturated rings. The SMILES string of the molecule is NS(=O)(=O)c1ccc(C2=CCC=C2c2ccccc2)nc1. The van der Waals surface area contributed by atoms with E-state index in [1.807, 2.05) is 30.3 Å². The lowest BCUT2D eigenvalue weighted by Crippen LogP contribution is -2.12. The van der Waals surface area contributed by atoms with E-state index in [1.54, 1.807) is 6.07 Å². The second-order valence-electron chi connectivity index (χ2n) is 4.76. The van der Waals surface area contributed by atoms with Crippen molar-refractivity contribution in [1.29, 1.82) is 0 Å². The Morgan fingerprint density at radius 1 is 0.952 bits per heavy atom. The van der Waals surface area contributed by atoms with Gasteiger partial charge in [0.2, 0.25) is 10.0 Å². The summed E-state index contributed by atoms with van der Waals surface area (Å²) in [5.74, 6) is 0. The van der Waals surface area contributed by atoms with Gasteiger partial charge in [-0.25, -0.2) is 13.6 Å². The maximum atomic E-state index is 11.3. The molecule has 0 unspecified atom stereocenters. The number of pyridine rings is 1. The van der Waals surface area contributed by atoms with Crippen LogP contribution in [-0.2, 0) is 10.0 Å². The number of sulfonamides is 1. The molecule has 1 aliphatic carbocycles. The Labute approximate surface area is 123 Å². The second kappa shape index (κ2) is 5.27. The lowest BCUT2D eigenvalue weighted by Gasteiger charge is -2.09. The highest BCUT2D eigenvalue weighted by molar-refractivity contribution is 7.89. The molecule has 0 bridgehead atoms. The maximum Gasteiger partial charge on any atom is 0.239 e. The molecule has 0 aliphatic heterocycles. The molecule has 1 aromatic heterocycles. The third-order valence-electron chi connectivity index (χ3n) is 3.36. The summed E-state index contributed by atoms with van der Waals surface area (Å²) in [5, 5.41) is 5.08. The number of aromatic nitrogens is 1. The van der Waals surface area contributed by atoms with E-state index in [0.29, 0.717) is 0 Å². The van der Waals surface area contributed by atoms with Crippen molar-refractivity contribution in [2.24, 2.45) is 5.14 Å². The van der Waals surface area contributed by atoms with Gasteiger partial charge in [-0.05, 0) is 29.7 Å². The average molecular weight is 298 g/mol. The summed E-state index contributed by atoms with van der Waals surface area (Å²) < 4.78 is 22.5. The molecular formula is C16H14N2O2S. The van der Waals surface area contributed by atoms with E-state index in [1.165, 1.54) is 12.3 Å². The molecule has 1 aromatic carbocycles. The number of rotatable bonds is 3. The first-order valence-electron chi connectivity index (χ1n) is 6.51. The number of allylic oxidation sites excluding steroid dienone is 4. The van der Waals surface area contributed by atoms with Gasteiger partial charge in [-0.2, -0.15) is 0 Å². The minimum atomic E-state index is -3.71. The molecule has 106 valence electrons. The average Bonchev–Trinajstić information content (AvgIpc) is 2.97. The third-order valence-corrected chi connectivity index (χ3v) is 4.26. The molecule has 2 aromatic rings. The van der Waals surface area contributed by atoms with Crippen LogP contribution in [0.3, 0.4) is 0 Å². The zero-order chi connectivity index (χ0) is 14.9. The van der Waals surface area contributed by atoms with Crippen LogP contribution in [0.1, 0.15) is 17.7 Å². The molecule has 0 radical (unpaired) electrons. The number of hydrogen-bond donors (Lipinski definition) is 1. The van der Waals surface area contributed by atoms with Gasteiger partial charge < -0.3 is 0 Å². The highest BCUT2D eigenvalue weighted by Crippen LogP contribution is 2.35. The van der Waals surface area contributed by atoms with Crippen molar-refractivity contribution in [3.63, 3.8) is 0 Å². The van der Waals surface area contributed by atoms with Crippen molar-refractivity contribution in [2.75, 3.05) is 0 Å². The summed E-state index contributed by atoms with van der Waals surface area (Å²) in [6, 6.07) is 13.2. The lowest BCUT2D eigenvalue weighted by molar-refractivity contribution is 0.597. The summed E-state index contributed by atoms with van der Waals surface area (Å²) in [4.78, 5) is 4.26. The molecule has 0 atom stereocenters. The van der Waals surface area contributed by atoms with Gasteiger partial charge in [-0.3, -0.25) is 4.98 Å². The summed E-state index contributed by atoms with van der Waals surface area (Å²) in [7, 11) is -3.71.